The lowest BCUT2D eigenvalue weighted by Crippen LogP contribution is -2.54. The van der Waals surface area contributed by atoms with Gasteiger partial charge in [-0.1, -0.05) is 0 Å². The van der Waals surface area contributed by atoms with E-state index >= 15 is 0 Å². The number of rotatable bonds is 8. The van der Waals surface area contributed by atoms with Gasteiger partial charge in [-0.05, 0) is 39.3 Å². The minimum absolute atomic E-state index is 0.350. The molecule has 0 aliphatic carbocycles. The van der Waals surface area contributed by atoms with Crippen LogP contribution in [0.1, 0.15) is 0 Å². The smallest absolute Gasteiger partial charge is 0.324 e. The minimum Gasteiger partial charge on any atom is -0.415 e. The Balaban J connectivity index is 4.47. The highest BCUT2D eigenvalue weighted by molar-refractivity contribution is 6.84. The lowest BCUT2D eigenvalue weighted by Gasteiger charge is -2.36. The van der Waals surface area contributed by atoms with E-state index in [9.17, 15) is 0 Å². The zero-order chi connectivity index (χ0) is 13.7. The summed E-state index contributed by atoms with van der Waals surface area (Å²) in [5.41, 5.74) is 0. The summed E-state index contributed by atoms with van der Waals surface area (Å²) in [6.45, 7) is 10.5. The Morgan fingerprint density at radius 3 is 1.18 bits per heavy atom. The second-order valence-electron chi connectivity index (χ2n) is 4.95. The molecule has 0 aromatic rings. The molecule has 0 radical (unpaired) electrons. The van der Waals surface area contributed by atoms with Gasteiger partial charge in [0.05, 0.1) is 0 Å². The molecule has 0 saturated heterocycles. The summed E-state index contributed by atoms with van der Waals surface area (Å²) in [6, 6.07) is 0. The van der Waals surface area contributed by atoms with Crippen LogP contribution < -0.4 is 0 Å². The van der Waals surface area contributed by atoms with Gasteiger partial charge in [-0.25, -0.2) is 0 Å². The number of hydrogen-bond donors (Lipinski definition) is 2. The molecule has 0 unspecified atom stereocenters. The highest BCUT2D eigenvalue weighted by atomic mass is 28.5. The van der Waals surface area contributed by atoms with Crippen molar-refractivity contribution >= 4 is 25.7 Å². The van der Waals surface area contributed by atoms with E-state index < -0.39 is 25.7 Å². The van der Waals surface area contributed by atoms with E-state index in [1.165, 1.54) is 0 Å². The maximum atomic E-state index is 8.77. The highest BCUT2D eigenvalue weighted by Crippen LogP contribution is 2.21. The summed E-state index contributed by atoms with van der Waals surface area (Å²) in [5.74, 6) is 0. The normalized spacial score (nSPS) is 14.1. The van der Waals surface area contributed by atoms with Gasteiger partial charge in [0.1, 0.15) is 13.6 Å². The fourth-order valence-electron chi connectivity index (χ4n) is 1.57. The molecule has 9 heteroatoms. The molecule has 0 aliphatic rings. The van der Waals surface area contributed by atoms with Gasteiger partial charge in [0.2, 0.25) is 0 Å². The van der Waals surface area contributed by atoms with Gasteiger partial charge in [0.15, 0.2) is 0 Å². The average molecular weight is 301 g/mol. The summed E-state index contributed by atoms with van der Waals surface area (Å²) in [5, 5.41) is 17.5. The third-order valence-electron chi connectivity index (χ3n) is 1.81. The van der Waals surface area contributed by atoms with Gasteiger partial charge in [0, 0.05) is 0 Å². The van der Waals surface area contributed by atoms with Gasteiger partial charge >= 0.3 is 25.7 Å². The van der Waals surface area contributed by atoms with Crippen molar-refractivity contribution in [3.63, 3.8) is 0 Å². The second kappa shape index (κ2) is 6.54. The maximum absolute atomic E-state index is 8.77. The lowest BCUT2D eigenvalue weighted by atomic mass is 11.6. The molecule has 2 N–H and O–H groups in total. The SMILES string of the molecule is C[Si](C)(OCO)O[Si](C)(C)O[Si](C)(C)OCO. The molecule has 0 rings (SSSR count). The Kier molecular flexibility index (Phi) is 6.70. The van der Waals surface area contributed by atoms with Crippen LogP contribution >= 0.6 is 0 Å². The van der Waals surface area contributed by atoms with Gasteiger partial charge < -0.3 is 27.3 Å². The molecule has 0 spiro atoms. The Morgan fingerprint density at radius 2 is 0.941 bits per heavy atom. The average Bonchev–Trinajstić information content (AvgIpc) is 1.96. The number of aliphatic hydroxyl groups is 2. The van der Waals surface area contributed by atoms with Gasteiger partial charge in [-0.2, -0.15) is 0 Å². The third kappa shape index (κ3) is 8.18. The molecule has 0 aromatic carbocycles. The fourth-order valence-corrected chi connectivity index (χ4v) is 12.7. The first-order valence-corrected chi connectivity index (χ1v) is 13.9. The monoisotopic (exact) mass is 300 g/mol. The molecule has 0 fully saturated rings. The molecule has 0 aliphatic heterocycles. The van der Waals surface area contributed by atoms with Crippen LogP contribution in [0.2, 0.25) is 39.3 Å². The quantitative estimate of drug-likeness (QED) is 0.515. The van der Waals surface area contributed by atoms with Crippen molar-refractivity contribution in [2.45, 2.75) is 39.3 Å². The zero-order valence-corrected chi connectivity index (χ0v) is 14.4. The van der Waals surface area contributed by atoms with Crippen molar-refractivity contribution in [1.82, 2.24) is 0 Å². The van der Waals surface area contributed by atoms with Crippen LogP contribution in [-0.2, 0) is 17.1 Å². The summed E-state index contributed by atoms with van der Waals surface area (Å²) < 4.78 is 22.2. The summed E-state index contributed by atoms with van der Waals surface area (Å²) in [4.78, 5) is 0. The first-order valence-electron chi connectivity index (χ1n) is 5.43. The van der Waals surface area contributed by atoms with E-state index in [1.54, 1.807) is 0 Å². The summed E-state index contributed by atoms with van der Waals surface area (Å²) >= 11 is 0. The molecule has 0 atom stereocenters. The van der Waals surface area contributed by atoms with Crippen LogP contribution in [0, 0.1) is 0 Å². The van der Waals surface area contributed by atoms with E-state index in [-0.39, 0.29) is 13.6 Å². The molecule has 0 saturated carbocycles. The van der Waals surface area contributed by atoms with Crippen molar-refractivity contribution in [2.24, 2.45) is 0 Å². The van der Waals surface area contributed by atoms with Crippen molar-refractivity contribution in [3.05, 3.63) is 0 Å². The molecular formula is C8H24O6Si3. The van der Waals surface area contributed by atoms with E-state index in [0.717, 1.165) is 0 Å². The minimum atomic E-state index is -2.40. The predicted octanol–water partition coefficient (Wildman–Crippen LogP) is 1.06. The van der Waals surface area contributed by atoms with Crippen molar-refractivity contribution in [3.8, 4) is 0 Å². The largest absolute Gasteiger partial charge is 0.415 e. The highest BCUT2D eigenvalue weighted by Gasteiger charge is 2.41. The first-order chi connectivity index (χ1) is 7.54. The number of aliphatic hydroxyl groups excluding tert-OH is 2. The summed E-state index contributed by atoms with van der Waals surface area (Å²) in [6.07, 6.45) is 0. The molecule has 17 heavy (non-hydrogen) atoms. The lowest BCUT2D eigenvalue weighted by molar-refractivity contribution is 0.0627. The van der Waals surface area contributed by atoms with Crippen LogP contribution in [0.25, 0.3) is 0 Å². The zero-order valence-electron chi connectivity index (χ0n) is 11.4. The van der Waals surface area contributed by atoms with Crippen LogP contribution in [0.4, 0.5) is 0 Å². The third-order valence-corrected chi connectivity index (χ3v) is 11.3. The van der Waals surface area contributed by atoms with Gasteiger partial charge in [-0.3, -0.25) is 0 Å². The van der Waals surface area contributed by atoms with E-state index in [1.807, 2.05) is 39.3 Å². The van der Waals surface area contributed by atoms with Crippen molar-refractivity contribution in [1.29, 1.82) is 0 Å². The Hall–Kier alpha value is 0.411. The van der Waals surface area contributed by atoms with Gasteiger partial charge in [-0.15, -0.1) is 0 Å². The Bertz CT molecular complexity index is 211. The Morgan fingerprint density at radius 1 is 0.647 bits per heavy atom. The standard InChI is InChI=1S/C8H24O6Si3/c1-15(2,11-7-9)13-17(5,6)14-16(3,4)12-8-10/h9-10H,7-8H2,1-6H3. The van der Waals surface area contributed by atoms with Crippen LogP contribution in [-0.4, -0.2) is 49.5 Å². The van der Waals surface area contributed by atoms with E-state index in [4.69, 9.17) is 27.3 Å². The molecule has 0 aromatic heterocycles. The number of hydrogen-bond acceptors (Lipinski definition) is 6. The van der Waals surface area contributed by atoms with Crippen LogP contribution in [0.3, 0.4) is 0 Å². The van der Waals surface area contributed by atoms with Crippen LogP contribution in [0.5, 0.6) is 0 Å². The molecular weight excluding hydrogens is 276 g/mol. The van der Waals surface area contributed by atoms with Crippen molar-refractivity contribution < 1.29 is 27.3 Å². The predicted molar refractivity (Wildman–Crippen MR) is 71.0 cm³/mol. The molecule has 104 valence electrons. The topological polar surface area (TPSA) is 77.4 Å². The van der Waals surface area contributed by atoms with E-state index in [2.05, 4.69) is 0 Å². The molecule has 0 amide bonds. The molecule has 0 heterocycles. The second-order valence-corrected chi connectivity index (χ2v) is 15.6. The fraction of sp³-hybridized carbons (Fsp3) is 1.00. The molecule has 0 bridgehead atoms. The molecule has 6 nitrogen and oxygen atoms in total. The van der Waals surface area contributed by atoms with E-state index in [0.29, 0.717) is 0 Å². The van der Waals surface area contributed by atoms with Crippen molar-refractivity contribution in [2.75, 3.05) is 13.6 Å². The summed E-state index contributed by atoms with van der Waals surface area (Å²) in [7, 11) is -7.14. The maximum Gasteiger partial charge on any atom is 0.324 e. The van der Waals surface area contributed by atoms with Gasteiger partial charge in [0.25, 0.3) is 0 Å². The Labute approximate surface area is 106 Å². The first kappa shape index (κ1) is 17.4. The van der Waals surface area contributed by atoms with Crippen LogP contribution in [0.15, 0.2) is 0 Å².